The van der Waals surface area contributed by atoms with Crippen LogP contribution in [0.4, 0.5) is 0 Å². The lowest BCUT2D eigenvalue weighted by Crippen LogP contribution is -1.77. The van der Waals surface area contributed by atoms with E-state index in [1.807, 2.05) is 12.1 Å². The van der Waals surface area contributed by atoms with Crippen molar-refractivity contribution in [3.63, 3.8) is 0 Å². The van der Waals surface area contributed by atoms with Crippen LogP contribution < -0.4 is 0 Å². The summed E-state index contributed by atoms with van der Waals surface area (Å²) in [6.45, 7) is 0. The molecule has 0 saturated heterocycles. The second kappa shape index (κ2) is 2.46. The third-order valence-corrected chi connectivity index (χ3v) is 2.58. The summed E-state index contributed by atoms with van der Waals surface area (Å²) in [6.07, 6.45) is 1.06. The third kappa shape index (κ3) is 0.919. The average Bonchev–Trinajstić information content (AvgIpc) is 2.56. The molecule has 0 fully saturated rings. The van der Waals surface area contributed by atoms with Crippen LogP contribution in [0.15, 0.2) is 36.4 Å². The van der Waals surface area contributed by atoms with Crippen LogP contribution in [0.3, 0.4) is 0 Å². The largest absolute Gasteiger partial charge is 0.0575 e. The van der Waals surface area contributed by atoms with Gasteiger partial charge in [-0.25, -0.2) is 0 Å². The zero-order valence-corrected chi connectivity index (χ0v) is 7.17. The van der Waals surface area contributed by atoms with Crippen LogP contribution in [0.25, 0.3) is 11.1 Å². The normalized spacial score (nSPS) is 12.3. The molecule has 0 N–H and O–H groups in total. The molecule has 0 aliphatic heterocycles. The van der Waals surface area contributed by atoms with Crippen molar-refractivity contribution < 1.29 is 0 Å². The van der Waals surface area contributed by atoms with Gasteiger partial charge in [-0.1, -0.05) is 24.3 Å². The lowest BCUT2D eigenvalue weighted by Gasteiger charge is -1.97. The standard InChI is InChI=1S/C13H8/c1-3-7-12-10(5-1)9-11-6-2-4-8-13(11)12/h1-2,5-8H,9H2. The molecule has 2 radical (unpaired) electrons. The van der Waals surface area contributed by atoms with Crippen molar-refractivity contribution >= 4 is 0 Å². The fraction of sp³-hybridized carbons (Fsp3) is 0.0769. The molecule has 1 aliphatic rings. The number of benzene rings is 2. The minimum atomic E-state index is 1.06. The smallest absolute Gasteiger partial charge is 0.00134 e. The van der Waals surface area contributed by atoms with Crippen LogP contribution in [0, 0.1) is 12.1 Å². The van der Waals surface area contributed by atoms with E-state index >= 15 is 0 Å². The fourth-order valence-corrected chi connectivity index (χ4v) is 1.94. The van der Waals surface area contributed by atoms with Gasteiger partial charge in [0, 0.05) is 0 Å². The van der Waals surface area contributed by atoms with E-state index in [1.165, 1.54) is 22.3 Å². The second-order valence-electron chi connectivity index (χ2n) is 3.34. The summed E-state index contributed by atoms with van der Waals surface area (Å²) in [5.74, 6) is 0. The first-order valence-corrected chi connectivity index (χ1v) is 4.43. The molecule has 0 heteroatoms. The molecule has 0 unspecified atom stereocenters. The molecule has 0 aromatic heterocycles. The van der Waals surface area contributed by atoms with Crippen molar-refractivity contribution in [2.75, 3.05) is 0 Å². The molecule has 0 nitrogen and oxygen atoms in total. The summed E-state index contributed by atoms with van der Waals surface area (Å²) >= 11 is 0. The van der Waals surface area contributed by atoms with Gasteiger partial charge in [0.1, 0.15) is 0 Å². The van der Waals surface area contributed by atoms with E-state index in [1.54, 1.807) is 0 Å². The maximum Gasteiger partial charge on any atom is -0.00134 e. The van der Waals surface area contributed by atoms with E-state index in [2.05, 4.69) is 36.4 Å². The van der Waals surface area contributed by atoms with Gasteiger partial charge in [0.15, 0.2) is 0 Å². The molecule has 1 aliphatic carbocycles. The van der Waals surface area contributed by atoms with Gasteiger partial charge in [-0.2, -0.15) is 0 Å². The Labute approximate surface area is 77.8 Å². The van der Waals surface area contributed by atoms with Gasteiger partial charge < -0.3 is 0 Å². The molecule has 0 saturated carbocycles. The van der Waals surface area contributed by atoms with Gasteiger partial charge in [0.2, 0.25) is 0 Å². The number of hydrogen-bond acceptors (Lipinski definition) is 0. The average molecular weight is 164 g/mol. The van der Waals surface area contributed by atoms with E-state index in [-0.39, 0.29) is 0 Å². The van der Waals surface area contributed by atoms with Crippen LogP contribution >= 0.6 is 0 Å². The highest BCUT2D eigenvalue weighted by Crippen LogP contribution is 2.35. The van der Waals surface area contributed by atoms with Gasteiger partial charge in [0.05, 0.1) is 0 Å². The molecule has 0 spiro atoms. The van der Waals surface area contributed by atoms with Crippen LogP contribution in [-0.4, -0.2) is 0 Å². The van der Waals surface area contributed by atoms with Gasteiger partial charge >= 0.3 is 0 Å². The minimum absolute atomic E-state index is 1.06. The molecule has 60 valence electrons. The van der Waals surface area contributed by atoms with E-state index in [4.69, 9.17) is 0 Å². The van der Waals surface area contributed by atoms with Crippen molar-refractivity contribution in [1.29, 1.82) is 0 Å². The lowest BCUT2D eigenvalue weighted by atomic mass is 10.1. The Hall–Kier alpha value is -1.56. The van der Waals surface area contributed by atoms with E-state index < -0.39 is 0 Å². The third-order valence-electron chi connectivity index (χ3n) is 2.58. The van der Waals surface area contributed by atoms with Gasteiger partial charge in [-0.05, 0) is 52.9 Å². The van der Waals surface area contributed by atoms with Gasteiger partial charge in [-0.3, -0.25) is 0 Å². The summed E-state index contributed by atoms with van der Waals surface area (Å²) in [7, 11) is 0. The van der Waals surface area contributed by atoms with Gasteiger partial charge in [0.25, 0.3) is 0 Å². The highest BCUT2D eigenvalue weighted by atomic mass is 14.2. The number of hydrogen-bond donors (Lipinski definition) is 0. The number of fused-ring (bicyclic) bond motifs is 3. The summed E-state index contributed by atoms with van der Waals surface area (Å²) in [5.41, 5.74) is 5.48. The first-order valence-electron chi connectivity index (χ1n) is 4.43. The minimum Gasteiger partial charge on any atom is -0.0575 e. The maximum atomic E-state index is 3.12. The Kier molecular flexibility index (Phi) is 1.31. The molecule has 13 heavy (non-hydrogen) atoms. The molecule has 0 bridgehead atoms. The molecule has 2 aromatic carbocycles. The molecule has 0 amide bonds. The predicted molar refractivity (Wildman–Crippen MR) is 52.4 cm³/mol. The molecular weight excluding hydrogens is 156 g/mol. The van der Waals surface area contributed by atoms with E-state index in [0.29, 0.717) is 0 Å². The van der Waals surface area contributed by atoms with Crippen LogP contribution in [0.2, 0.25) is 0 Å². The van der Waals surface area contributed by atoms with Crippen molar-refractivity contribution in [2.45, 2.75) is 6.42 Å². The molecule has 3 rings (SSSR count). The highest BCUT2D eigenvalue weighted by Gasteiger charge is 2.15. The molecule has 0 heterocycles. The Morgan fingerprint density at radius 2 is 1.38 bits per heavy atom. The topological polar surface area (TPSA) is 0 Å². The van der Waals surface area contributed by atoms with Gasteiger partial charge in [-0.15, -0.1) is 0 Å². The Morgan fingerprint density at radius 3 is 1.92 bits per heavy atom. The summed E-state index contributed by atoms with van der Waals surface area (Å²) in [5, 5.41) is 0. The summed E-state index contributed by atoms with van der Waals surface area (Å²) < 4.78 is 0. The first-order chi connectivity index (χ1) is 6.45. The maximum absolute atomic E-state index is 3.12. The van der Waals surface area contributed by atoms with E-state index in [9.17, 15) is 0 Å². The predicted octanol–water partition coefficient (Wildman–Crippen LogP) is 2.86. The van der Waals surface area contributed by atoms with Crippen molar-refractivity contribution in [3.8, 4) is 11.1 Å². The zero-order valence-electron chi connectivity index (χ0n) is 7.17. The molecule has 2 aromatic rings. The van der Waals surface area contributed by atoms with Crippen molar-refractivity contribution in [3.05, 3.63) is 59.7 Å². The Bertz CT molecular complexity index is 412. The SMILES string of the molecule is [c]1ccc2c(c1)-c1c[c]ccc1C2. The Balaban J connectivity index is 2.32. The summed E-state index contributed by atoms with van der Waals surface area (Å²) in [6, 6.07) is 18.6. The Morgan fingerprint density at radius 1 is 0.846 bits per heavy atom. The van der Waals surface area contributed by atoms with Crippen molar-refractivity contribution in [2.24, 2.45) is 0 Å². The number of rotatable bonds is 0. The fourth-order valence-electron chi connectivity index (χ4n) is 1.94. The lowest BCUT2D eigenvalue weighted by molar-refractivity contribution is 1.26. The highest BCUT2D eigenvalue weighted by molar-refractivity contribution is 5.76. The van der Waals surface area contributed by atoms with Crippen LogP contribution in [-0.2, 0) is 6.42 Å². The van der Waals surface area contributed by atoms with E-state index in [0.717, 1.165) is 6.42 Å². The van der Waals surface area contributed by atoms with Crippen LogP contribution in [0.5, 0.6) is 0 Å². The first kappa shape index (κ1) is 6.90. The monoisotopic (exact) mass is 164 g/mol. The van der Waals surface area contributed by atoms with Crippen LogP contribution in [0.1, 0.15) is 11.1 Å². The second-order valence-corrected chi connectivity index (χ2v) is 3.34. The summed E-state index contributed by atoms with van der Waals surface area (Å²) in [4.78, 5) is 0. The molecule has 0 atom stereocenters. The zero-order chi connectivity index (χ0) is 8.67. The van der Waals surface area contributed by atoms with Crippen molar-refractivity contribution in [1.82, 2.24) is 0 Å². The quantitative estimate of drug-likeness (QED) is 0.479. The molecular formula is C13H8.